The molecular formula is C13H17NO3. The number of amides is 1. The molecule has 1 amide bonds. The van der Waals surface area contributed by atoms with Gasteiger partial charge in [-0.15, -0.1) is 0 Å². The molecule has 1 aromatic carbocycles. The molecular weight excluding hydrogens is 218 g/mol. The highest BCUT2D eigenvalue weighted by atomic mass is 16.5. The van der Waals surface area contributed by atoms with Crippen LogP contribution < -0.4 is 5.32 Å². The smallest absolute Gasteiger partial charge is 0.220 e. The van der Waals surface area contributed by atoms with Crippen molar-refractivity contribution in [3.63, 3.8) is 0 Å². The topological polar surface area (TPSA) is 58.6 Å². The van der Waals surface area contributed by atoms with E-state index in [1.165, 1.54) is 0 Å². The van der Waals surface area contributed by atoms with E-state index in [2.05, 4.69) is 5.32 Å². The van der Waals surface area contributed by atoms with Crippen LogP contribution in [0.15, 0.2) is 30.3 Å². The number of carbonyl (C=O) groups is 1. The number of hydrogen-bond donors (Lipinski definition) is 2. The first-order valence-corrected chi connectivity index (χ1v) is 5.81. The monoisotopic (exact) mass is 235 g/mol. The Balaban J connectivity index is 1.77. The first-order valence-electron chi connectivity index (χ1n) is 5.81. The Morgan fingerprint density at radius 1 is 1.35 bits per heavy atom. The van der Waals surface area contributed by atoms with Gasteiger partial charge in [-0.05, 0) is 5.56 Å². The van der Waals surface area contributed by atoms with E-state index in [-0.39, 0.29) is 24.5 Å². The molecule has 2 N–H and O–H groups in total. The molecule has 1 aliphatic heterocycles. The molecule has 0 aliphatic carbocycles. The SMILES string of the molecule is O=C1C[C@H](COCc2ccccc2)[C@@H](CO)N1. The fraction of sp³-hybridized carbons (Fsp3) is 0.462. The van der Waals surface area contributed by atoms with Crippen molar-refractivity contribution in [3.8, 4) is 0 Å². The highest BCUT2D eigenvalue weighted by Gasteiger charge is 2.31. The molecule has 4 nitrogen and oxygen atoms in total. The van der Waals surface area contributed by atoms with Crippen molar-refractivity contribution in [1.82, 2.24) is 5.32 Å². The Labute approximate surface area is 101 Å². The van der Waals surface area contributed by atoms with Gasteiger partial charge in [-0.2, -0.15) is 0 Å². The van der Waals surface area contributed by atoms with Crippen molar-refractivity contribution in [2.75, 3.05) is 13.2 Å². The van der Waals surface area contributed by atoms with Crippen molar-refractivity contribution in [3.05, 3.63) is 35.9 Å². The maximum absolute atomic E-state index is 11.2. The van der Waals surface area contributed by atoms with Crippen LogP contribution in [0.5, 0.6) is 0 Å². The quantitative estimate of drug-likeness (QED) is 0.790. The average molecular weight is 235 g/mol. The summed E-state index contributed by atoms with van der Waals surface area (Å²) in [5, 5.41) is 11.8. The summed E-state index contributed by atoms with van der Waals surface area (Å²) >= 11 is 0. The van der Waals surface area contributed by atoms with Crippen LogP contribution in [0.3, 0.4) is 0 Å². The van der Waals surface area contributed by atoms with E-state index in [1.807, 2.05) is 30.3 Å². The van der Waals surface area contributed by atoms with Gasteiger partial charge in [0, 0.05) is 12.3 Å². The van der Waals surface area contributed by atoms with Crippen molar-refractivity contribution >= 4 is 5.91 Å². The van der Waals surface area contributed by atoms with Crippen LogP contribution in [0.4, 0.5) is 0 Å². The summed E-state index contributed by atoms with van der Waals surface area (Å²) in [5.41, 5.74) is 1.12. The molecule has 0 spiro atoms. The molecule has 0 bridgehead atoms. The molecule has 1 aromatic rings. The van der Waals surface area contributed by atoms with Crippen LogP contribution in [0.25, 0.3) is 0 Å². The van der Waals surface area contributed by atoms with Crippen LogP contribution in [-0.2, 0) is 16.1 Å². The first kappa shape index (κ1) is 12.1. The van der Waals surface area contributed by atoms with Crippen molar-refractivity contribution < 1.29 is 14.6 Å². The number of carbonyl (C=O) groups excluding carboxylic acids is 1. The second-order valence-corrected chi connectivity index (χ2v) is 4.32. The number of benzene rings is 1. The van der Waals surface area contributed by atoms with Gasteiger partial charge in [-0.3, -0.25) is 4.79 Å². The molecule has 0 aromatic heterocycles. The number of aliphatic hydroxyl groups excluding tert-OH is 1. The Hall–Kier alpha value is -1.39. The molecule has 0 saturated carbocycles. The zero-order valence-corrected chi connectivity index (χ0v) is 9.63. The molecule has 1 fully saturated rings. The summed E-state index contributed by atoms with van der Waals surface area (Å²) in [6.45, 7) is 1.02. The maximum atomic E-state index is 11.2. The highest BCUT2D eigenvalue weighted by molar-refractivity contribution is 5.79. The van der Waals surface area contributed by atoms with E-state index in [0.29, 0.717) is 19.6 Å². The van der Waals surface area contributed by atoms with Crippen LogP contribution in [0.2, 0.25) is 0 Å². The zero-order chi connectivity index (χ0) is 12.1. The van der Waals surface area contributed by atoms with Crippen molar-refractivity contribution in [2.45, 2.75) is 19.1 Å². The first-order chi connectivity index (χ1) is 8.29. The number of ether oxygens (including phenoxy) is 1. The average Bonchev–Trinajstić information content (AvgIpc) is 2.71. The van der Waals surface area contributed by atoms with Gasteiger partial charge in [0.2, 0.25) is 5.91 Å². The Morgan fingerprint density at radius 3 is 2.82 bits per heavy atom. The molecule has 2 rings (SSSR count). The van der Waals surface area contributed by atoms with E-state index >= 15 is 0 Å². The van der Waals surface area contributed by atoms with Crippen LogP contribution in [0.1, 0.15) is 12.0 Å². The third-order valence-corrected chi connectivity index (χ3v) is 3.00. The van der Waals surface area contributed by atoms with Crippen LogP contribution >= 0.6 is 0 Å². The second-order valence-electron chi connectivity index (χ2n) is 4.32. The van der Waals surface area contributed by atoms with Crippen molar-refractivity contribution in [2.24, 2.45) is 5.92 Å². The largest absolute Gasteiger partial charge is 0.394 e. The third-order valence-electron chi connectivity index (χ3n) is 3.00. The number of hydrogen-bond acceptors (Lipinski definition) is 3. The van der Waals surface area contributed by atoms with Gasteiger partial charge >= 0.3 is 0 Å². The van der Waals surface area contributed by atoms with Gasteiger partial charge < -0.3 is 15.2 Å². The summed E-state index contributed by atoms with van der Waals surface area (Å²) in [6.07, 6.45) is 0.444. The fourth-order valence-corrected chi connectivity index (χ4v) is 2.04. The summed E-state index contributed by atoms with van der Waals surface area (Å²) in [6, 6.07) is 9.75. The fourth-order valence-electron chi connectivity index (χ4n) is 2.04. The lowest BCUT2D eigenvalue weighted by Gasteiger charge is -2.16. The maximum Gasteiger partial charge on any atom is 0.220 e. The Morgan fingerprint density at radius 2 is 2.12 bits per heavy atom. The normalized spacial score (nSPS) is 23.7. The number of rotatable bonds is 5. The predicted molar refractivity (Wildman–Crippen MR) is 63.2 cm³/mol. The molecule has 0 unspecified atom stereocenters. The minimum absolute atomic E-state index is 0.00244. The molecule has 1 aliphatic rings. The highest BCUT2D eigenvalue weighted by Crippen LogP contribution is 2.17. The molecule has 0 radical (unpaired) electrons. The number of nitrogens with one attached hydrogen (secondary N) is 1. The van der Waals surface area contributed by atoms with Gasteiger partial charge in [0.1, 0.15) is 0 Å². The summed E-state index contributed by atoms with van der Waals surface area (Å²) < 4.78 is 5.58. The minimum Gasteiger partial charge on any atom is -0.394 e. The Kier molecular flexibility index (Phi) is 4.12. The molecule has 4 heteroatoms. The lowest BCUT2D eigenvalue weighted by molar-refractivity contribution is -0.119. The van der Waals surface area contributed by atoms with E-state index < -0.39 is 0 Å². The third kappa shape index (κ3) is 3.28. The zero-order valence-electron chi connectivity index (χ0n) is 9.63. The lowest BCUT2D eigenvalue weighted by atomic mass is 10.0. The van der Waals surface area contributed by atoms with E-state index in [9.17, 15) is 4.79 Å². The van der Waals surface area contributed by atoms with E-state index in [4.69, 9.17) is 9.84 Å². The number of aliphatic hydroxyl groups is 1. The summed E-state index contributed by atoms with van der Waals surface area (Å²) in [7, 11) is 0. The van der Waals surface area contributed by atoms with Gasteiger partial charge in [0.25, 0.3) is 0 Å². The Bertz CT molecular complexity index is 366. The second kappa shape index (κ2) is 5.80. The van der Waals surface area contributed by atoms with Crippen LogP contribution in [0, 0.1) is 5.92 Å². The van der Waals surface area contributed by atoms with Gasteiger partial charge in [-0.1, -0.05) is 30.3 Å². The summed E-state index contributed by atoms with van der Waals surface area (Å²) in [4.78, 5) is 11.2. The molecule has 2 atom stereocenters. The lowest BCUT2D eigenvalue weighted by Crippen LogP contribution is -2.34. The van der Waals surface area contributed by atoms with Gasteiger partial charge in [-0.25, -0.2) is 0 Å². The molecule has 1 heterocycles. The van der Waals surface area contributed by atoms with Gasteiger partial charge in [0.15, 0.2) is 0 Å². The minimum atomic E-state index is -0.154. The molecule has 17 heavy (non-hydrogen) atoms. The van der Waals surface area contributed by atoms with E-state index in [0.717, 1.165) is 5.56 Å². The molecule has 92 valence electrons. The standard InChI is InChI=1S/C13H17NO3/c15-7-12-11(6-13(16)14-12)9-17-8-10-4-2-1-3-5-10/h1-5,11-12,15H,6-9H2,(H,14,16)/t11-,12-/m1/s1. The molecule has 1 saturated heterocycles. The van der Waals surface area contributed by atoms with Gasteiger partial charge in [0.05, 0.1) is 25.9 Å². The van der Waals surface area contributed by atoms with E-state index in [1.54, 1.807) is 0 Å². The summed E-state index contributed by atoms with van der Waals surface area (Å²) in [5.74, 6) is 0.0774. The van der Waals surface area contributed by atoms with Crippen molar-refractivity contribution in [1.29, 1.82) is 0 Å². The van der Waals surface area contributed by atoms with Crippen LogP contribution in [-0.4, -0.2) is 30.3 Å². The predicted octanol–water partition coefficient (Wildman–Crippen LogP) is 0.700.